The molecule has 2 N–H and O–H groups in total. The van der Waals surface area contributed by atoms with Crippen molar-refractivity contribution in [2.45, 2.75) is 58.7 Å². The predicted molar refractivity (Wildman–Crippen MR) is 101 cm³/mol. The van der Waals surface area contributed by atoms with E-state index >= 15 is 0 Å². The molecule has 0 unspecified atom stereocenters. The maximum absolute atomic E-state index is 4.78. The Morgan fingerprint density at radius 3 is 2.72 bits per heavy atom. The summed E-state index contributed by atoms with van der Waals surface area (Å²) >= 11 is 0. The molecular weight excluding hydrogens is 312 g/mol. The Morgan fingerprint density at radius 1 is 1.16 bits per heavy atom. The third kappa shape index (κ3) is 3.67. The molecule has 0 amide bonds. The van der Waals surface area contributed by atoms with Crippen LogP contribution in [0.1, 0.15) is 43.6 Å². The fourth-order valence-corrected chi connectivity index (χ4v) is 3.18. The van der Waals surface area contributed by atoms with Crippen LogP contribution in [0, 0.1) is 6.92 Å². The van der Waals surface area contributed by atoms with Gasteiger partial charge in [-0.05, 0) is 45.7 Å². The number of rotatable bonds is 5. The maximum Gasteiger partial charge on any atom is 0.225 e. The second kappa shape index (κ2) is 6.50. The van der Waals surface area contributed by atoms with Crippen molar-refractivity contribution in [3.63, 3.8) is 0 Å². The molecule has 2 aromatic rings. The Labute approximate surface area is 149 Å². The first-order valence-electron chi connectivity index (χ1n) is 9.20. The molecule has 0 atom stereocenters. The van der Waals surface area contributed by atoms with Gasteiger partial charge in [-0.15, -0.1) is 0 Å². The van der Waals surface area contributed by atoms with E-state index in [1.54, 1.807) is 0 Å². The second-order valence-corrected chi connectivity index (χ2v) is 7.35. The van der Waals surface area contributed by atoms with Crippen LogP contribution in [0.4, 0.5) is 17.6 Å². The van der Waals surface area contributed by atoms with Crippen molar-refractivity contribution in [1.82, 2.24) is 15.0 Å². The lowest BCUT2D eigenvalue weighted by Gasteiger charge is -2.31. The smallest absolute Gasteiger partial charge is 0.225 e. The van der Waals surface area contributed by atoms with Crippen LogP contribution in [0.2, 0.25) is 0 Å². The van der Waals surface area contributed by atoms with Crippen LogP contribution < -0.4 is 15.5 Å². The Bertz CT molecular complexity index is 769. The molecule has 6 heteroatoms. The quantitative estimate of drug-likeness (QED) is 0.873. The van der Waals surface area contributed by atoms with Gasteiger partial charge in [-0.3, -0.25) is 0 Å². The van der Waals surface area contributed by atoms with Gasteiger partial charge < -0.3 is 15.5 Å². The zero-order valence-corrected chi connectivity index (χ0v) is 15.2. The number of pyridine rings is 1. The van der Waals surface area contributed by atoms with E-state index in [-0.39, 0.29) is 0 Å². The first-order valence-corrected chi connectivity index (χ1v) is 9.20. The lowest BCUT2D eigenvalue weighted by Crippen LogP contribution is -2.33. The van der Waals surface area contributed by atoms with Crippen LogP contribution in [-0.2, 0) is 13.0 Å². The van der Waals surface area contributed by atoms with Gasteiger partial charge in [-0.25, -0.2) is 9.97 Å². The molecule has 25 heavy (non-hydrogen) atoms. The highest BCUT2D eigenvalue weighted by molar-refractivity contribution is 5.56. The highest BCUT2D eigenvalue weighted by Gasteiger charge is 2.27. The Balaban J connectivity index is 1.65. The molecule has 3 heterocycles. The molecule has 4 rings (SSSR count). The van der Waals surface area contributed by atoms with Crippen molar-refractivity contribution >= 4 is 17.6 Å². The Hall–Kier alpha value is -2.37. The van der Waals surface area contributed by atoms with Crippen LogP contribution in [0.3, 0.4) is 0 Å². The highest BCUT2D eigenvalue weighted by Crippen LogP contribution is 2.31. The minimum atomic E-state index is 0.323. The SMILES string of the molecule is Cc1cccc(N2CCc3nc(NC(C)C)nc(NC4CC4)c3C2)n1. The highest BCUT2D eigenvalue weighted by atomic mass is 15.2. The summed E-state index contributed by atoms with van der Waals surface area (Å²) in [6, 6.07) is 7.08. The molecule has 1 saturated carbocycles. The number of nitrogens with zero attached hydrogens (tertiary/aromatic N) is 4. The van der Waals surface area contributed by atoms with Gasteiger partial charge in [-0.2, -0.15) is 4.98 Å². The van der Waals surface area contributed by atoms with Crippen LogP contribution in [0.25, 0.3) is 0 Å². The molecule has 1 aliphatic heterocycles. The molecule has 0 radical (unpaired) electrons. The van der Waals surface area contributed by atoms with E-state index in [0.29, 0.717) is 12.1 Å². The van der Waals surface area contributed by atoms with E-state index < -0.39 is 0 Å². The summed E-state index contributed by atoms with van der Waals surface area (Å²) in [6.07, 6.45) is 3.38. The summed E-state index contributed by atoms with van der Waals surface area (Å²) in [5, 5.41) is 6.95. The fraction of sp³-hybridized carbons (Fsp3) is 0.526. The van der Waals surface area contributed by atoms with Crippen molar-refractivity contribution in [1.29, 1.82) is 0 Å². The van der Waals surface area contributed by atoms with Gasteiger partial charge >= 0.3 is 0 Å². The molecule has 0 spiro atoms. The maximum atomic E-state index is 4.78. The largest absolute Gasteiger partial charge is 0.367 e. The molecule has 0 bridgehead atoms. The van der Waals surface area contributed by atoms with Crippen molar-refractivity contribution in [3.8, 4) is 0 Å². The van der Waals surface area contributed by atoms with E-state index in [1.165, 1.54) is 18.4 Å². The second-order valence-electron chi connectivity index (χ2n) is 7.35. The van der Waals surface area contributed by atoms with Crippen molar-refractivity contribution in [2.24, 2.45) is 0 Å². The first kappa shape index (κ1) is 16.1. The molecule has 132 valence electrons. The minimum absolute atomic E-state index is 0.323. The summed E-state index contributed by atoms with van der Waals surface area (Å²) in [4.78, 5) is 16.6. The van der Waals surface area contributed by atoms with Crippen LogP contribution in [0.15, 0.2) is 18.2 Å². The van der Waals surface area contributed by atoms with Crippen LogP contribution in [0.5, 0.6) is 0 Å². The van der Waals surface area contributed by atoms with E-state index in [2.05, 4.69) is 46.5 Å². The summed E-state index contributed by atoms with van der Waals surface area (Å²) in [5.41, 5.74) is 3.42. The fourth-order valence-electron chi connectivity index (χ4n) is 3.18. The number of anilines is 3. The molecule has 2 aromatic heterocycles. The number of hydrogen-bond donors (Lipinski definition) is 2. The average molecular weight is 338 g/mol. The van der Waals surface area contributed by atoms with Crippen molar-refractivity contribution in [3.05, 3.63) is 35.2 Å². The van der Waals surface area contributed by atoms with Crippen LogP contribution in [-0.4, -0.2) is 33.6 Å². The third-order valence-corrected chi connectivity index (χ3v) is 4.59. The van der Waals surface area contributed by atoms with Crippen LogP contribution >= 0.6 is 0 Å². The topological polar surface area (TPSA) is 66.0 Å². The van der Waals surface area contributed by atoms with E-state index in [4.69, 9.17) is 9.97 Å². The lowest BCUT2D eigenvalue weighted by molar-refractivity contribution is 0.695. The Kier molecular flexibility index (Phi) is 4.19. The third-order valence-electron chi connectivity index (χ3n) is 4.59. The van der Waals surface area contributed by atoms with Gasteiger partial charge in [-0.1, -0.05) is 6.07 Å². The van der Waals surface area contributed by atoms with Crippen molar-refractivity contribution in [2.75, 3.05) is 22.1 Å². The lowest BCUT2D eigenvalue weighted by atomic mass is 10.1. The number of aryl methyl sites for hydroxylation is 1. The van der Waals surface area contributed by atoms with Gasteiger partial charge in [0.2, 0.25) is 5.95 Å². The summed E-state index contributed by atoms with van der Waals surface area (Å²) in [7, 11) is 0. The number of aromatic nitrogens is 3. The molecule has 1 aliphatic carbocycles. The van der Waals surface area contributed by atoms with Gasteiger partial charge in [0.1, 0.15) is 11.6 Å². The van der Waals surface area contributed by atoms with E-state index in [1.807, 2.05) is 13.0 Å². The molecule has 0 aromatic carbocycles. The molecule has 6 nitrogen and oxygen atoms in total. The number of fused-ring (bicyclic) bond motifs is 1. The molecular formula is C19H26N6. The molecule has 0 saturated heterocycles. The van der Waals surface area contributed by atoms with E-state index in [9.17, 15) is 0 Å². The average Bonchev–Trinajstić information content (AvgIpc) is 3.38. The van der Waals surface area contributed by atoms with E-state index in [0.717, 1.165) is 48.5 Å². The monoisotopic (exact) mass is 338 g/mol. The molecule has 2 aliphatic rings. The zero-order valence-electron chi connectivity index (χ0n) is 15.2. The normalized spacial score (nSPS) is 16.7. The van der Waals surface area contributed by atoms with Gasteiger partial charge in [0, 0.05) is 42.9 Å². The van der Waals surface area contributed by atoms with Crippen molar-refractivity contribution < 1.29 is 0 Å². The first-order chi connectivity index (χ1) is 12.1. The Morgan fingerprint density at radius 2 is 2.00 bits per heavy atom. The minimum Gasteiger partial charge on any atom is -0.367 e. The molecule has 1 fully saturated rings. The summed E-state index contributed by atoms with van der Waals surface area (Å²) in [5.74, 6) is 2.76. The number of hydrogen-bond acceptors (Lipinski definition) is 6. The predicted octanol–water partition coefficient (Wildman–Crippen LogP) is 3.14. The van der Waals surface area contributed by atoms with Gasteiger partial charge in [0.15, 0.2) is 0 Å². The summed E-state index contributed by atoms with van der Waals surface area (Å²) in [6.45, 7) is 8.01. The van der Waals surface area contributed by atoms with Gasteiger partial charge in [0.05, 0.1) is 5.69 Å². The zero-order chi connectivity index (χ0) is 17.4. The number of nitrogens with one attached hydrogen (secondary N) is 2. The van der Waals surface area contributed by atoms with Gasteiger partial charge in [0.25, 0.3) is 0 Å². The summed E-state index contributed by atoms with van der Waals surface area (Å²) < 4.78 is 0. The standard InChI is InChI=1S/C19H26N6/c1-12(2)20-19-23-16-9-10-25(17-6-4-5-13(3)21-17)11-15(16)18(24-19)22-14-7-8-14/h4-6,12,14H,7-11H2,1-3H3,(H2,20,22,23,24).